The first-order chi connectivity index (χ1) is 12.8. The molecule has 1 aromatic rings. The number of likely N-dealkylation sites (tertiary alicyclic amines) is 1. The van der Waals surface area contributed by atoms with Crippen molar-refractivity contribution < 1.29 is 18.0 Å². The molecule has 0 aromatic heterocycles. The highest BCUT2D eigenvalue weighted by molar-refractivity contribution is 14.0. The van der Waals surface area contributed by atoms with E-state index < -0.39 is 11.7 Å². The smallest absolute Gasteiger partial charge is 0.356 e. The van der Waals surface area contributed by atoms with E-state index in [1.165, 1.54) is 6.07 Å². The number of aliphatic imine (C=N–C) groups is 1. The SMILES string of the molecule is CCC(CCNC(=NC)NCc1cccc(C(F)(F)F)c1)N1CCCC1=O.I. The zero-order valence-electron chi connectivity index (χ0n) is 16.2. The molecule has 2 N–H and O–H groups in total. The summed E-state index contributed by atoms with van der Waals surface area (Å²) in [4.78, 5) is 17.9. The highest BCUT2D eigenvalue weighted by atomic mass is 127. The molecule has 1 unspecified atom stereocenters. The molecule has 0 spiro atoms. The van der Waals surface area contributed by atoms with Crippen molar-refractivity contribution in [2.75, 3.05) is 20.1 Å². The monoisotopic (exact) mass is 512 g/mol. The van der Waals surface area contributed by atoms with Crippen LogP contribution in [0.2, 0.25) is 0 Å². The number of rotatable bonds is 7. The van der Waals surface area contributed by atoms with Crippen LogP contribution in [0, 0.1) is 0 Å². The molecule has 1 aliphatic heterocycles. The fourth-order valence-electron chi connectivity index (χ4n) is 3.26. The molecular weight excluding hydrogens is 484 g/mol. The molecule has 9 heteroatoms. The summed E-state index contributed by atoms with van der Waals surface area (Å²) in [5.41, 5.74) is -0.132. The van der Waals surface area contributed by atoms with Gasteiger partial charge in [0.05, 0.1) is 5.56 Å². The van der Waals surface area contributed by atoms with Gasteiger partial charge in [0.15, 0.2) is 5.96 Å². The molecule has 1 saturated heterocycles. The molecule has 1 atom stereocenters. The first kappa shape index (κ1) is 24.5. The lowest BCUT2D eigenvalue weighted by Gasteiger charge is -2.27. The lowest BCUT2D eigenvalue weighted by molar-refractivity contribution is -0.137. The Kier molecular flexibility index (Phi) is 10.0. The van der Waals surface area contributed by atoms with Gasteiger partial charge < -0.3 is 15.5 Å². The fraction of sp³-hybridized carbons (Fsp3) is 0.579. The minimum atomic E-state index is -4.35. The van der Waals surface area contributed by atoms with Gasteiger partial charge in [0.25, 0.3) is 0 Å². The van der Waals surface area contributed by atoms with Crippen LogP contribution in [0.25, 0.3) is 0 Å². The Bertz CT molecular complexity index is 667. The first-order valence-corrected chi connectivity index (χ1v) is 9.25. The second-order valence-electron chi connectivity index (χ2n) is 6.59. The summed E-state index contributed by atoms with van der Waals surface area (Å²) in [5.74, 6) is 0.740. The number of alkyl halides is 3. The molecule has 0 radical (unpaired) electrons. The maximum atomic E-state index is 12.8. The molecule has 158 valence electrons. The minimum Gasteiger partial charge on any atom is -0.356 e. The molecule has 1 aromatic carbocycles. The number of halogens is 4. The summed E-state index contributed by atoms with van der Waals surface area (Å²) in [7, 11) is 1.61. The molecular formula is C19H28F3IN4O. The van der Waals surface area contributed by atoms with Crippen LogP contribution in [-0.4, -0.2) is 42.9 Å². The van der Waals surface area contributed by atoms with Gasteiger partial charge in [-0.1, -0.05) is 19.1 Å². The van der Waals surface area contributed by atoms with Gasteiger partial charge in [-0.05, 0) is 37.0 Å². The van der Waals surface area contributed by atoms with Crippen LogP contribution in [0.1, 0.15) is 43.7 Å². The number of nitrogens with zero attached hydrogens (tertiary/aromatic N) is 2. The summed E-state index contributed by atoms with van der Waals surface area (Å²) in [6.45, 7) is 3.76. The Balaban J connectivity index is 0.00000392. The van der Waals surface area contributed by atoms with Gasteiger partial charge >= 0.3 is 6.18 Å². The van der Waals surface area contributed by atoms with Crippen molar-refractivity contribution in [1.29, 1.82) is 0 Å². The van der Waals surface area contributed by atoms with Crippen molar-refractivity contribution >= 4 is 35.8 Å². The third kappa shape index (κ3) is 7.14. The van der Waals surface area contributed by atoms with Gasteiger partial charge in [0.2, 0.25) is 5.91 Å². The Morgan fingerprint density at radius 3 is 2.64 bits per heavy atom. The number of carbonyl (C=O) groups excluding carboxylic acids is 1. The van der Waals surface area contributed by atoms with E-state index in [-0.39, 0.29) is 42.5 Å². The van der Waals surface area contributed by atoms with Crippen LogP contribution in [-0.2, 0) is 17.5 Å². The van der Waals surface area contributed by atoms with Crippen molar-refractivity contribution in [2.45, 2.75) is 51.4 Å². The zero-order chi connectivity index (χ0) is 19.9. The average molecular weight is 512 g/mol. The predicted molar refractivity (Wildman–Crippen MR) is 115 cm³/mol. The van der Waals surface area contributed by atoms with Crippen molar-refractivity contribution in [3.63, 3.8) is 0 Å². The van der Waals surface area contributed by atoms with Crippen LogP contribution in [0.15, 0.2) is 29.3 Å². The van der Waals surface area contributed by atoms with Crippen LogP contribution in [0.3, 0.4) is 0 Å². The number of benzene rings is 1. The maximum Gasteiger partial charge on any atom is 0.416 e. The zero-order valence-corrected chi connectivity index (χ0v) is 18.5. The highest BCUT2D eigenvalue weighted by Gasteiger charge is 2.30. The van der Waals surface area contributed by atoms with Crippen LogP contribution in [0.4, 0.5) is 13.2 Å². The summed E-state index contributed by atoms with van der Waals surface area (Å²) >= 11 is 0. The van der Waals surface area contributed by atoms with E-state index in [0.717, 1.165) is 37.9 Å². The maximum absolute atomic E-state index is 12.8. The Morgan fingerprint density at radius 2 is 2.07 bits per heavy atom. The normalized spacial score (nSPS) is 16.0. The van der Waals surface area contributed by atoms with Crippen LogP contribution >= 0.6 is 24.0 Å². The van der Waals surface area contributed by atoms with E-state index in [1.54, 1.807) is 13.1 Å². The van der Waals surface area contributed by atoms with E-state index in [9.17, 15) is 18.0 Å². The largest absolute Gasteiger partial charge is 0.416 e. The van der Waals surface area contributed by atoms with Crippen molar-refractivity contribution in [1.82, 2.24) is 15.5 Å². The Morgan fingerprint density at radius 1 is 1.32 bits per heavy atom. The lowest BCUT2D eigenvalue weighted by Crippen LogP contribution is -2.41. The molecule has 1 fully saturated rings. The predicted octanol–water partition coefficient (Wildman–Crippen LogP) is 3.78. The second kappa shape index (κ2) is 11.5. The highest BCUT2D eigenvalue weighted by Crippen LogP contribution is 2.29. The summed E-state index contributed by atoms with van der Waals surface area (Å²) in [6, 6.07) is 5.43. The quantitative estimate of drug-likeness (QED) is 0.332. The van der Waals surface area contributed by atoms with E-state index in [4.69, 9.17) is 0 Å². The summed E-state index contributed by atoms with van der Waals surface area (Å²) in [5, 5.41) is 6.19. The molecule has 1 aliphatic rings. The van der Waals surface area contributed by atoms with E-state index >= 15 is 0 Å². The number of nitrogens with one attached hydrogen (secondary N) is 2. The number of hydrogen-bond donors (Lipinski definition) is 2. The minimum absolute atomic E-state index is 0. The van der Waals surface area contributed by atoms with Gasteiger partial charge in [0, 0.05) is 39.1 Å². The van der Waals surface area contributed by atoms with Gasteiger partial charge in [-0.15, -0.1) is 24.0 Å². The van der Waals surface area contributed by atoms with Crippen LogP contribution in [0.5, 0.6) is 0 Å². The van der Waals surface area contributed by atoms with Gasteiger partial charge in [-0.25, -0.2) is 0 Å². The summed E-state index contributed by atoms with van der Waals surface area (Å²) < 4.78 is 38.3. The molecule has 1 heterocycles. The fourth-order valence-corrected chi connectivity index (χ4v) is 3.26. The van der Waals surface area contributed by atoms with Gasteiger partial charge in [-0.2, -0.15) is 13.2 Å². The van der Waals surface area contributed by atoms with Crippen LogP contribution < -0.4 is 10.6 Å². The lowest BCUT2D eigenvalue weighted by atomic mass is 10.1. The molecule has 0 bridgehead atoms. The third-order valence-electron chi connectivity index (χ3n) is 4.73. The molecule has 0 saturated carbocycles. The second-order valence-corrected chi connectivity index (χ2v) is 6.59. The van der Waals surface area contributed by atoms with Crippen molar-refractivity contribution in [2.24, 2.45) is 4.99 Å². The van der Waals surface area contributed by atoms with Gasteiger partial charge in [0.1, 0.15) is 0 Å². The number of hydrogen-bond acceptors (Lipinski definition) is 2. The molecule has 28 heavy (non-hydrogen) atoms. The third-order valence-corrected chi connectivity index (χ3v) is 4.73. The Hall–Kier alpha value is -1.52. The summed E-state index contributed by atoms with van der Waals surface area (Å²) in [6.07, 6.45) is -1.11. The topological polar surface area (TPSA) is 56.7 Å². The van der Waals surface area contributed by atoms with E-state index in [2.05, 4.69) is 22.5 Å². The number of carbonyl (C=O) groups is 1. The van der Waals surface area contributed by atoms with Gasteiger partial charge in [-0.3, -0.25) is 9.79 Å². The molecule has 1 amide bonds. The number of guanidine groups is 1. The van der Waals surface area contributed by atoms with Crippen molar-refractivity contribution in [3.05, 3.63) is 35.4 Å². The van der Waals surface area contributed by atoms with Crippen molar-refractivity contribution in [3.8, 4) is 0 Å². The van der Waals surface area contributed by atoms with E-state index in [1.807, 2.05) is 4.90 Å². The van der Waals surface area contributed by atoms with E-state index in [0.29, 0.717) is 24.5 Å². The first-order valence-electron chi connectivity index (χ1n) is 9.25. The molecule has 2 rings (SSSR count). The molecule has 5 nitrogen and oxygen atoms in total. The Labute approximate surface area is 181 Å². The number of amides is 1. The molecule has 0 aliphatic carbocycles. The standard InChI is InChI=1S/C19H27F3N4O.HI/c1-3-16(26-11-5-8-17(26)27)9-10-24-18(23-2)25-13-14-6-4-7-15(12-14)19(20,21)22;/h4,6-7,12,16H,3,5,8-11,13H2,1-2H3,(H2,23,24,25);1H. The average Bonchev–Trinajstić information content (AvgIpc) is 3.06.